The summed E-state index contributed by atoms with van der Waals surface area (Å²) in [5.74, 6) is 0. The fourth-order valence-corrected chi connectivity index (χ4v) is 1.39. The van der Waals surface area contributed by atoms with Gasteiger partial charge in [-0.05, 0) is 43.1 Å². The molecule has 0 fully saturated rings. The Hall–Kier alpha value is -1.31. The summed E-state index contributed by atoms with van der Waals surface area (Å²) in [6.07, 6.45) is 1.50. The first-order chi connectivity index (χ1) is 5.63. The van der Waals surface area contributed by atoms with Crippen molar-refractivity contribution in [3.8, 4) is 0 Å². The van der Waals surface area contributed by atoms with Crippen molar-refractivity contribution in [2.75, 3.05) is 0 Å². The van der Waals surface area contributed by atoms with Crippen molar-refractivity contribution in [2.45, 2.75) is 20.8 Å². The van der Waals surface area contributed by atoms with E-state index in [0.29, 0.717) is 11.1 Å². The highest BCUT2D eigenvalue weighted by Gasteiger charge is 2.18. The highest BCUT2D eigenvalue weighted by Crippen LogP contribution is 2.34. The largest absolute Gasteiger partial charge is 0.877 e. The molecule has 1 aliphatic carbocycles. The Morgan fingerprint density at radius 3 is 2.00 bits per heavy atom. The maximum atomic E-state index is 10.6. The highest BCUT2D eigenvalue weighted by molar-refractivity contribution is 5.88. The van der Waals surface area contributed by atoms with Crippen LogP contribution in [0.1, 0.15) is 20.8 Å². The molecule has 0 aromatic heterocycles. The van der Waals surface area contributed by atoms with Gasteiger partial charge in [0.15, 0.2) is 6.29 Å². The van der Waals surface area contributed by atoms with Crippen LogP contribution in [0.2, 0.25) is 0 Å². The summed E-state index contributed by atoms with van der Waals surface area (Å²) in [5.41, 5.74) is 3.97. The third-order valence-electron chi connectivity index (χ3n) is 2.46. The predicted octanol–water partition coefficient (Wildman–Crippen LogP) is 1.10. The summed E-state index contributed by atoms with van der Waals surface area (Å²) in [7, 11) is 0. The molecular formula is C10H11O2-. The lowest BCUT2D eigenvalue weighted by Gasteiger charge is -2.03. The molecule has 0 radical (unpaired) electrons. The van der Waals surface area contributed by atoms with Crippen molar-refractivity contribution in [3.05, 3.63) is 34.1 Å². The Morgan fingerprint density at radius 2 is 1.67 bits per heavy atom. The van der Waals surface area contributed by atoms with E-state index in [1.165, 1.54) is 0 Å². The van der Waals surface area contributed by atoms with Crippen LogP contribution in [0.25, 0.3) is 0 Å². The summed E-state index contributed by atoms with van der Waals surface area (Å²) in [6.45, 7) is 5.64. The minimum Gasteiger partial charge on any atom is -0.877 e. The summed E-state index contributed by atoms with van der Waals surface area (Å²) < 4.78 is 0. The minimum atomic E-state index is 0.542. The van der Waals surface area contributed by atoms with Crippen LogP contribution >= 0.6 is 0 Å². The fraction of sp³-hybridized carbons (Fsp3) is 0.300. The number of aldehydes is 1. The van der Waals surface area contributed by atoms with Crippen molar-refractivity contribution in [1.82, 2.24) is 0 Å². The van der Waals surface area contributed by atoms with Crippen molar-refractivity contribution < 1.29 is 9.90 Å². The zero-order valence-electron chi connectivity index (χ0n) is 7.47. The molecule has 0 unspecified atom stereocenters. The van der Waals surface area contributed by atoms with Gasteiger partial charge in [0.25, 0.3) is 0 Å². The molecule has 0 saturated heterocycles. The fourth-order valence-electron chi connectivity index (χ4n) is 1.39. The Labute approximate surface area is 71.9 Å². The number of hydrogen-bond donors (Lipinski definition) is 0. The van der Waals surface area contributed by atoms with Crippen LogP contribution in [0.15, 0.2) is 34.1 Å². The first-order valence-corrected chi connectivity index (χ1v) is 3.80. The van der Waals surface area contributed by atoms with Crippen LogP contribution in [0.4, 0.5) is 0 Å². The van der Waals surface area contributed by atoms with Crippen LogP contribution in [-0.4, -0.2) is 6.29 Å². The van der Waals surface area contributed by atoms with E-state index >= 15 is 0 Å². The first kappa shape index (κ1) is 8.78. The molecule has 0 aromatic carbocycles. The molecule has 0 heterocycles. The summed E-state index contributed by atoms with van der Waals surface area (Å²) in [6, 6.07) is 0. The third kappa shape index (κ3) is 0.998. The normalized spacial score (nSPS) is 21.1. The van der Waals surface area contributed by atoms with Gasteiger partial charge >= 0.3 is 0 Å². The van der Waals surface area contributed by atoms with Gasteiger partial charge in [-0.25, -0.2) is 0 Å². The molecule has 0 saturated carbocycles. The molecule has 0 amide bonds. The molecule has 2 nitrogen and oxygen atoms in total. The summed E-state index contributed by atoms with van der Waals surface area (Å²) >= 11 is 0. The third-order valence-corrected chi connectivity index (χ3v) is 2.46. The van der Waals surface area contributed by atoms with Gasteiger partial charge in [-0.1, -0.05) is 0 Å². The van der Waals surface area contributed by atoms with Gasteiger partial charge in [-0.2, -0.15) is 0 Å². The van der Waals surface area contributed by atoms with Crippen LogP contribution in [0.5, 0.6) is 0 Å². The van der Waals surface area contributed by atoms with Crippen molar-refractivity contribution in [2.24, 2.45) is 0 Å². The number of rotatable bonds is 1. The molecule has 0 bridgehead atoms. The van der Waals surface area contributed by atoms with Crippen LogP contribution in [-0.2, 0) is 4.79 Å². The molecule has 12 heavy (non-hydrogen) atoms. The van der Waals surface area contributed by atoms with Crippen molar-refractivity contribution in [1.29, 1.82) is 0 Å². The standard InChI is InChI=1S/C10H12O2/c1-6-7(2)9(4-11)10(5-12)8(6)3/h4-5,11H,1-3H3/p-1. The molecular weight excluding hydrogens is 152 g/mol. The first-order valence-electron chi connectivity index (χ1n) is 3.80. The molecule has 0 aliphatic heterocycles. The molecule has 0 N–H and O–H groups in total. The van der Waals surface area contributed by atoms with Gasteiger partial charge in [-0.3, -0.25) is 4.79 Å². The van der Waals surface area contributed by atoms with Gasteiger partial charge in [0.05, 0.1) is 0 Å². The Kier molecular flexibility index (Phi) is 2.18. The minimum absolute atomic E-state index is 0.542. The number of hydrogen-bond acceptors (Lipinski definition) is 2. The SMILES string of the molecule is CC1=C(C)C(C)=C(C=O)C1=C[O-]. The topological polar surface area (TPSA) is 40.1 Å². The molecule has 64 valence electrons. The molecule has 2 heteroatoms. The number of carbonyl (C=O) groups is 1. The maximum Gasteiger partial charge on any atom is 0.150 e. The second-order valence-corrected chi connectivity index (χ2v) is 2.94. The molecule has 0 spiro atoms. The van der Waals surface area contributed by atoms with Crippen LogP contribution < -0.4 is 5.11 Å². The summed E-state index contributed by atoms with van der Waals surface area (Å²) in [5, 5.41) is 10.6. The maximum absolute atomic E-state index is 10.6. The van der Waals surface area contributed by atoms with E-state index in [1.807, 2.05) is 20.8 Å². The Morgan fingerprint density at radius 1 is 1.08 bits per heavy atom. The van der Waals surface area contributed by atoms with Gasteiger partial charge in [-0.15, -0.1) is 6.26 Å². The van der Waals surface area contributed by atoms with E-state index < -0.39 is 0 Å². The van der Waals surface area contributed by atoms with E-state index in [1.54, 1.807) is 0 Å². The molecule has 0 atom stereocenters. The quantitative estimate of drug-likeness (QED) is 0.429. The Bertz CT molecular complexity index is 317. The summed E-state index contributed by atoms with van der Waals surface area (Å²) in [4.78, 5) is 10.6. The van der Waals surface area contributed by atoms with E-state index in [0.717, 1.165) is 29.3 Å². The van der Waals surface area contributed by atoms with Gasteiger partial charge in [0.2, 0.25) is 0 Å². The molecule has 1 rings (SSSR count). The number of carbonyl (C=O) groups excluding carboxylic acids is 1. The van der Waals surface area contributed by atoms with Crippen LogP contribution in [0.3, 0.4) is 0 Å². The lowest BCUT2D eigenvalue weighted by atomic mass is 10.1. The van der Waals surface area contributed by atoms with Gasteiger partial charge in [0, 0.05) is 5.57 Å². The van der Waals surface area contributed by atoms with E-state index in [2.05, 4.69) is 0 Å². The highest BCUT2D eigenvalue weighted by atomic mass is 16.2. The average Bonchev–Trinajstić information content (AvgIpc) is 2.29. The zero-order valence-corrected chi connectivity index (χ0v) is 7.47. The van der Waals surface area contributed by atoms with E-state index in [4.69, 9.17) is 0 Å². The van der Waals surface area contributed by atoms with Crippen molar-refractivity contribution >= 4 is 6.29 Å². The molecule has 1 aliphatic rings. The second kappa shape index (κ2) is 2.97. The zero-order chi connectivity index (χ0) is 9.30. The predicted molar refractivity (Wildman–Crippen MR) is 45.2 cm³/mol. The molecule has 0 aromatic rings. The average molecular weight is 163 g/mol. The van der Waals surface area contributed by atoms with Crippen LogP contribution in [0, 0.1) is 0 Å². The second-order valence-electron chi connectivity index (χ2n) is 2.94. The van der Waals surface area contributed by atoms with E-state index in [-0.39, 0.29) is 0 Å². The van der Waals surface area contributed by atoms with Crippen molar-refractivity contribution in [3.63, 3.8) is 0 Å². The lowest BCUT2D eigenvalue weighted by molar-refractivity contribution is -0.275. The van der Waals surface area contributed by atoms with Gasteiger partial charge in [0.1, 0.15) is 0 Å². The smallest absolute Gasteiger partial charge is 0.150 e. The van der Waals surface area contributed by atoms with Gasteiger partial charge < -0.3 is 5.11 Å². The monoisotopic (exact) mass is 163 g/mol. The number of allylic oxidation sites excluding steroid dienone is 5. The van der Waals surface area contributed by atoms with E-state index in [9.17, 15) is 9.90 Å². The lowest BCUT2D eigenvalue weighted by Crippen LogP contribution is -1.96. The Balaban J connectivity index is 3.32.